The third kappa shape index (κ3) is 8.86. The van der Waals surface area contributed by atoms with E-state index in [0.717, 1.165) is 32.1 Å². The van der Waals surface area contributed by atoms with Crippen LogP contribution in [-0.2, 0) is 42.7 Å². The van der Waals surface area contributed by atoms with Gasteiger partial charge in [-0.15, -0.1) is 0 Å². The molecule has 18 atom stereocenters. The summed E-state index contributed by atoms with van der Waals surface area (Å²) in [5.41, 5.74) is -0.883. The lowest BCUT2D eigenvalue weighted by atomic mass is 9.78. The first-order valence-electron chi connectivity index (χ1n) is 21.9. The number of halogens is 1. The fraction of sp³-hybridized carbons (Fsp3) is 0.822. The van der Waals surface area contributed by atoms with Gasteiger partial charge in [0.15, 0.2) is 17.6 Å². The van der Waals surface area contributed by atoms with Crippen molar-refractivity contribution in [1.82, 2.24) is 5.32 Å². The SMILES string of the molecule is CCC1(C2OC(C3OC(O)(CO)C(C)CC3C)CC2C)CCC(C2(C)CCC3(CC(O)C(C)C(C(C)C(OC)C(C)C(=O)NC(C(=O)OC)c4ccc(F)cc4)O3)O2)O1. The summed E-state index contributed by atoms with van der Waals surface area (Å²) in [6, 6.07) is 4.14. The van der Waals surface area contributed by atoms with E-state index in [1.165, 1.54) is 38.5 Å². The molecule has 1 aromatic carbocycles. The molecular weight excluding hydrogens is 765 g/mol. The highest BCUT2D eigenvalue weighted by Gasteiger charge is 2.62. The van der Waals surface area contributed by atoms with Gasteiger partial charge in [0.2, 0.25) is 5.91 Å². The lowest BCUT2D eigenvalue weighted by Gasteiger charge is -2.49. The Morgan fingerprint density at radius 3 is 2.32 bits per heavy atom. The molecule has 14 heteroatoms. The van der Waals surface area contributed by atoms with Crippen molar-refractivity contribution in [3.05, 3.63) is 35.6 Å². The zero-order valence-corrected chi connectivity index (χ0v) is 36.7. The van der Waals surface area contributed by atoms with E-state index in [9.17, 15) is 29.3 Å². The summed E-state index contributed by atoms with van der Waals surface area (Å²) in [5.74, 6) is -5.62. The van der Waals surface area contributed by atoms with E-state index >= 15 is 0 Å². The Kier molecular flexibility index (Phi) is 14.0. The molecule has 0 saturated carbocycles. The van der Waals surface area contributed by atoms with E-state index in [1.807, 2.05) is 20.8 Å². The summed E-state index contributed by atoms with van der Waals surface area (Å²) in [6.07, 6.45) is 2.25. The zero-order chi connectivity index (χ0) is 43.2. The monoisotopic (exact) mass is 835 g/mol. The van der Waals surface area contributed by atoms with Crippen molar-refractivity contribution in [2.75, 3.05) is 20.8 Å². The first-order valence-corrected chi connectivity index (χ1v) is 21.9. The topological polar surface area (TPSA) is 171 Å². The number of rotatable bonds is 13. The summed E-state index contributed by atoms with van der Waals surface area (Å²) < 4.78 is 58.8. The number of carbonyl (C=O) groups is 2. The van der Waals surface area contributed by atoms with Crippen LogP contribution < -0.4 is 5.32 Å². The Balaban J connectivity index is 1.13. The van der Waals surface area contributed by atoms with Gasteiger partial charge in [-0.05, 0) is 75.0 Å². The third-order valence-electron chi connectivity index (χ3n) is 15.0. The Hall–Kier alpha value is -2.27. The molecule has 4 N–H and O–H groups in total. The number of methoxy groups -OCH3 is 2. The maximum atomic E-state index is 13.7. The summed E-state index contributed by atoms with van der Waals surface area (Å²) in [5, 5.41) is 35.4. The molecule has 0 aromatic heterocycles. The number of benzene rings is 1. The van der Waals surface area contributed by atoms with Gasteiger partial charge in [-0.3, -0.25) is 4.79 Å². The largest absolute Gasteiger partial charge is 0.467 e. The van der Waals surface area contributed by atoms with Gasteiger partial charge in [0, 0.05) is 37.7 Å². The number of carbonyl (C=O) groups excluding carboxylic acids is 2. The number of hydrogen-bond acceptors (Lipinski definition) is 12. The Morgan fingerprint density at radius 2 is 1.69 bits per heavy atom. The Morgan fingerprint density at radius 1 is 1.00 bits per heavy atom. The molecular formula is C45H70FNO12. The van der Waals surface area contributed by atoms with E-state index in [4.69, 9.17) is 33.2 Å². The van der Waals surface area contributed by atoms with Crippen LogP contribution in [0.1, 0.15) is 118 Å². The fourth-order valence-corrected chi connectivity index (χ4v) is 11.2. The van der Waals surface area contributed by atoms with Gasteiger partial charge in [-0.25, -0.2) is 9.18 Å². The van der Waals surface area contributed by atoms with Gasteiger partial charge in [-0.1, -0.05) is 60.6 Å². The highest BCUT2D eigenvalue weighted by molar-refractivity contribution is 5.86. The average Bonchev–Trinajstić information content (AvgIpc) is 3.93. The predicted molar refractivity (Wildman–Crippen MR) is 214 cm³/mol. The standard InChI is InChI=1S/C45H70FNO12/c1-11-43(39-25(3)21-33(55-39)36-24(2)20-26(4)45(52,23-48)58-36)17-16-34(56-43)42(8)18-19-44(59-42)22-32(49)27(5)38(57-44)28(6)37(53-9)29(7)40(50)47-35(41(51)54-10)30-12-14-31(46)15-13-30/h12-15,24-29,32-39,48-49,52H,11,16-23H2,1-10H3,(H,47,50). The maximum Gasteiger partial charge on any atom is 0.333 e. The Bertz CT molecular complexity index is 1620. The van der Waals surface area contributed by atoms with Crippen LogP contribution in [0.4, 0.5) is 4.39 Å². The van der Waals surface area contributed by atoms with Crippen LogP contribution in [0.25, 0.3) is 0 Å². The molecule has 5 aliphatic heterocycles. The van der Waals surface area contributed by atoms with E-state index in [2.05, 4.69) is 33.0 Å². The molecule has 0 aliphatic carbocycles. The van der Waals surface area contributed by atoms with Crippen molar-refractivity contribution in [1.29, 1.82) is 0 Å². The second-order valence-corrected chi connectivity index (χ2v) is 19.0. The van der Waals surface area contributed by atoms with Gasteiger partial charge in [0.1, 0.15) is 5.82 Å². The smallest absolute Gasteiger partial charge is 0.333 e. The summed E-state index contributed by atoms with van der Waals surface area (Å²) in [7, 11) is 2.75. The number of nitrogens with one attached hydrogen (secondary N) is 1. The normalized spacial score (nSPS) is 43.3. The van der Waals surface area contributed by atoms with Gasteiger partial charge in [0.05, 0.1) is 73.6 Å². The van der Waals surface area contributed by atoms with Crippen LogP contribution in [0.3, 0.4) is 0 Å². The highest BCUT2D eigenvalue weighted by atomic mass is 19.1. The van der Waals surface area contributed by atoms with Crippen molar-refractivity contribution < 1.29 is 62.5 Å². The van der Waals surface area contributed by atoms with Crippen molar-refractivity contribution in [2.45, 2.75) is 178 Å². The molecule has 18 unspecified atom stereocenters. The molecule has 0 bridgehead atoms. The summed E-state index contributed by atoms with van der Waals surface area (Å²) in [6.45, 7) is 15.5. The summed E-state index contributed by atoms with van der Waals surface area (Å²) >= 11 is 0. The summed E-state index contributed by atoms with van der Waals surface area (Å²) in [4.78, 5) is 26.5. The molecule has 59 heavy (non-hydrogen) atoms. The zero-order valence-electron chi connectivity index (χ0n) is 36.7. The van der Waals surface area contributed by atoms with Crippen LogP contribution >= 0.6 is 0 Å². The average molecular weight is 836 g/mol. The van der Waals surface area contributed by atoms with Crippen LogP contribution in [0, 0.1) is 41.3 Å². The van der Waals surface area contributed by atoms with Gasteiger partial charge in [-0.2, -0.15) is 0 Å². The second-order valence-electron chi connectivity index (χ2n) is 19.0. The third-order valence-corrected chi connectivity index (χ3v) is 15.0. The minimum absolute atomic E-state index is 0.149. The van der Waals surface area contributed by atoms with Crippen molar-refractivity contribution in [3.63, 3.8) is 0 Å². The lowest BCUT2D eigenvalue weighted by Crippen LogP contribution is -2.57. The van der Waals surface area contributed by atoms with Crippen molar-refractivity contribution in [3.8, 4) is 0 Å². The van der Waals surface area contributed by atoms with Crippen molar-refractivity contribution in [2.24, 2.45) is 35.5 Å². The van der Waals surface area contributed by atoms with Crippen LogP contribution in [0.15, 0.2) is 24.3 Å². The number of amides is 1. The van der Waals surface area contributed by atoms with E-state index < -0.39 is 83.3 Å². The minimum atomic E-state index is -1.59. The molecule has 6 rings (SSSR count). The van der Waals surface area contributed by atoms with Crippen LogP contribution in [-0.4, -0.2) is 114 Å². The van der Waals surface area contributed by atoms with Gasteiger partial charge >= 0.3 is 5.97 Å². The molecule has 13 nitrogen and oxygen atoms in total. The molecule has 1 aromatic rings. The fourth-order valence-electron chi connectivity index (χ4n) is 11.2. The molecule has 5 heterocycles. The minimum Gasteiger partial charge on any atom is -0.467 e. The quantitative estimate of drug-likeness (QED) is 0.188. The first-order chi connectivity index (χ1) is 27.8. The van der Waals surface area contributed by atoms with E-state index in [1.54, 1.807) is 6.92 Å². The number of ether oxygens (including phenoxy) is 7. The molecule has 5 saturated heterocycles. The van der Waals surface area contributed by atoms with E-state index in [-0.39, 0.29) is 54.5 Å². The number of hydrogen-bond donors (Lipinski definition) is 4. The van der Waals surface area contributed by atoms with Crippen molar-refractivity contribution >= 4 is 11.9 Å². The van der Waals surface area contributed by atoms with Crippen LogP contribution in [0.2, 0.25) is 0 Å². The number of aliphatic hydroxyl groups excluding tert-OH is 2. The van der Waals surface area contributed by atoms with Gasteiger partial charge in [0.25, 0.3) is 0 Å². The second kappa shape index (κ2) is 17.8. The number of esters is 1. The maximum absolute atomic E-state index is 13.7. The lowest BCUT2D eigenvalue weighted by molar-refractivity contribution is -0.336. The highest BCUT2D eigenvalue weighted by Crippen LogP contribution is 2.55. The Labute approximate surface area is 349 Å². The number of aliphatic hydroxyl groups is 3. The van der Waals surface area contributed by atoms with E-state index in [0.29, 0.717) is 18.4 Å². The van der Waals surface area contributed by atoms with Gasteiger partial charge < -0.3 is 53.8 Å². The molecule has 5 aliphatic rings. The first kappa shape index (κ1) is 46.2. The van der Waals surface area contributed by atoms with Crippen LogP contribution in [0.5, 0.6) is 0 Å². The predicted octanol–water partition coefficient (Wildman–Crippen LogP) is 5.36. The molecule has 1 amide bonds. The molecule has 1 spiro atoms. The molecule has 334 valence electrons. The molecule has 5 fully saturated rings. The molecule has 0 radical (unpaired) electrons.